The molecule has 0 aromatic heterocycles. The zero-order valence-corrected chi connectivity index (χ0v) is 9.52. The fourth-order valence-corrected chi connectivity index (χ4v) is 1.77. The Bertz CT molecular complexity index is 404. The number of ether oxygens (including phenoxy) is 2. The van der Waals surface area contributed by atoms with E-state index < -0.39 is 41.7 Å². The Hall–Kier alpha value is -1.14. The van der Waals surface area contributed by atoms with Gasteiger partial charge in [-0.3, -0.25) is 0 Å². The molecule has 0 saturated carbocycles. The van der Waals surface area contributed by atoms with Gasteiger partial charge in [-0.15, -0.1) is 0 Å². The molecule has 0 spiro atoms. The SMILES string of the molecule is Fc1cc(F)c(F)c(COC2CCCCO2)c1F. The van der Waals surface area contributed by atoms with E-state index in [4.69, 9.17) is 9.47 Å². The Balaban J connectivity index is 2.08. The van der Waals surface area contributed by atoms with Crippen molar-refractivity contribution in [3.05, 3.63) is 34.9 Å². The zero-order valence-electron chi connectivity index (χ0n) is 9.52. The van der Waals surface area contributed by atoms with E-state index in [2.05, 4.69) is 0 Å². The van der Waals surface area contributed by atoms with E-state index in [1.54, 1.807) is 0 Å². The first-order chi connectivity index (χ1) is 8.59. The standard InChI is InChI=1S/C12H12F4O2/c13-8-5-9(14)12(16)7(11(8)15)6-18-10-3-1-2-4-17-10/h5,10H,1-4,6H2. The molecule has 1 unspecified atom stereocenters. The van der Waals surface area contributed by atoms with Gasteiger partial charge in [0.25, 0.3) is 0 Å². The summed E-state index contributed by atoms with van der Waals surface area (Å²) in [6, 6.07) is 0.172. The minimum atomic E-state index is -1.43. The van der Waals surface area contributed by atoms with Crippen molar-refractivity contribution in [1.29, 1.82) is 0 Å². The Morgan fingerprint density at radius 3 is 2.33 bits per heavy atom. The molecule has 18 heavy (non-hydrogen) atoms. The van der Waals surface area contributed by atoms with Crippen LogP contribution in [0.4, 0.5) is 17.6 Å². The van der Waals surface area contributed by atoms with Crippen LogP contribution in [-0.4, -0.2) is 12.9 Å². The van der Waals surface area contributed by atoms with Gasteiger partial charge in [0.15, 0.2) is 29.6 Å². The first-order valence-electron chi connectivity index (χ1n) is 5.64. The summed E-state index contributed by atoms with van der Waals surface area (Å²) >= 11 is 0. The smallest absolute Gasteiger partial charge is 0.167 e. The van der Waals surface area contributed by atoms with Crippen molar-refractivity contribution in [2.24, 2.45) is 0 Å². The lowest BCUT2D eigenvalue weighted by molar-refractivity contribution is -0.169. The van der Waals surface area contributed by atoms with Crippen LogP contribution in [0.1, 0.15) is 24.8 Å². The second-order valence-corrected chi connectivity index (χ2v) is 4.05. The predicted molar refractivity (Wildman–Crippen MR) is 54.7 cm³/mol. The van der Waals surface area contributed by atoms with E-state index in [0.717, 1.165) is 12.8 Å². The summed E-state index contributed by atoms with van der Waals surface area (Å²) in [5, 5.41) is 0. The third-order valence-electron chi connectivity index (χ3n) is 2.75. The van der Waals surface area contributed by atoms with Crippen molar-refractivity contribution in [3.8, 4) is 0 Å². The van der Waals surface area contributed by atoms with Crippen LogP contribution in [0.2, 0.25) is 0 Å². The molecule has 1 saturated heterocycles. The van der Waals surface area contributed by atoms with Gasteiger partial charge in [0.05, 0.1) is 12.2 Å². The lowest BCUT2D eigenvalue weighted by atomic mass is 10.2. The summed E-state index contributed by atoms with van der Waals surface area (Å²) in [5.41, 5.74) is -0.748. The summed E-state index contributed by atoms with van der Waals surface area (Å²) in [4.78, 5) is 0. The number of halogens is 4. The fourth-order valence-electron chi connectivity index (χ4n) is 1.77. The van der Waals surface area contributed by atoms with Crippen molar-refractivity contribution < 1.29 is 27.0 Å². The van der Waals surface area contributed by atoms with Crippen LogP contribution < -0.4 is 0 Å². The van der Waals surface area contributed by atoms with E-state index in [1.807, 2.05) is 0 Å². The molecule has 100 valence electrons. The van der Waals surface area contributed by atoms with Gasteiger partial charge in [0.2, 0.25) is 0 Å². The topological polar surface area (TPSA) is 18.5 Å². The molecule has 1 fully saturated rings. The molecule has 0 N–H and O–H groups in total. The average Bonchev–Trinajstić information content (AvgIpc) is 2.38. The highest BCUT2D eigenvalue weighted by Crippen LogP contribution is 2.22. The molecule has 0 aliphatic carbocycles. The Kier molecular flexibility index (Phi) is 4.19. The van der Waals surface area contributed by atoms with Gasteiger partial charge in [-0.25, -0.2) is 17.6 Å². The minimum absolute atomic E-state index is 0.172. The second kappa shape index (κ2) is 5.67. The Morgan fingerprint density at radius 2 is 1.78 bits per heavy atom. The summed E-state index contributed by atoms with van der Waals surface area (Å²) in [7, 11) is 0. The molecule has 1 atom stereocenters. The highest BCUT2D eigenvalue weighted by Gasteiger charge is 2.21. The van der Waals surface area contributed by atoms with Crippen molar-refractivity contribution >= 4 is 0 Å². The third-order valence-corrected chi connectivity index (χ3v) is 2.75. The van der Waals surface area contributed by atoms with Crippen LogP contribution >= 0.6 is 0 Å². The third kappa shape index (κ3) is 2.81. The van der Waals surface area contributed by atoms with Crippen molar-refractivity contribution in [2.45, 2.75) is 32.2 Å². The van der Waals surface area contributed by atoms with Gasteiger partial charge in [-0.2, -0.15) is 0 Å². The van der Waals surface area contributed by atoms with E-state index in [9.17, 15) is 17.6 Å². The first-order valence-corrected chi connectivity index (χ1v) is 5.64. The monoisotopic (exact) mass is 264 g/mol. The largest absolute Gasteiger partial charge is 0.353 e. The van der Waals surface area contributed by atoms with Crippen LogP contribution in [0.25, 0.3) is 0 Å². The molecule has 0 amide bonds. The van der Waals surface area contributed by atoms with E-state index in [1.165, 1.54) is 0 Å². The maximum Gasteiger partial charge on any atom is 0.167 e. The van der Waals surface area contributed by atoms with Gasteiger partial charge in [-0.1, -0.05) is 0 Å². The molecule has 1 heterocycles. The number of rotatable bonds is 3. The van der Waals surface area contributed by atoms with E-state index in [0.29, 0.717) is 13.0 Å². The van der Waals surface area contributed by atoms with E-state index >= 15 is 0 Å². The average molecular weight is 264 g/mol. The maximum absolute atomic E-state index is 13.3. The van der Waals surface area contributed by atoms with Gasteiger partial charge in [0.1, 0.15) is 0 Å². The molecule has 6 heteroatoms. The highest BCUT2D eigenvalue weighted by atomic mass is 19.2. The van der Waals surface area contributed by atoms with Crippen LogP contribution in [0.15, 0.2) is 6.07 Å². The van der Waals surface area contributed by atoms with Crippen molar-refractivity contribution in [2.75, 3.05) is 6.61 Å². The first kappa shape index (κ1) is 13.3. The highest BCUT2D eigenvalue weighted by molar-refractivity contribution is 5.21. The van der Waals surface area contributed by atoms with Crippen molar-refractivity contribution in [1.82, 2.24) is 0 Å². The van der Waals surface area contributed by atoms with Gasteiger partial charge in [0, 0.05) is 12.7 Å². The Labute approximate surface area is 102 Å². The maximum atomic E-state index is 13.3. The summed E-state index contributed by atoms with van der Waals surface area (Å²) in [6.07, 6.45) is 1.80. The summed E-state index contributed by atoms with van der Waals surface area (Å²) in [5.74, 6) is -5.72. The molecular formula is C12H12F4O2. The molecule has 1 aliphatic rings. The lowest BCUT2D eigenvalue weighted by Crippen LogP contribution is -2.22. The van der Waals surface area contributed by atoms with Crippen LogP contribution in [0.3, 0.4) is 0 Å². The molecular weight excluding hydrogens is 252 g/mol. The lowest BCUT2D eigenvalue weighted by Gasteiger charge is -2.22. The molecule has 0 radical (unpaired) electrons. The molecule has 2 nitrogen and oxygen atoms in total. The van der Waals surface area contributed by atoms with Gasteiger partial charge < -0.3 is 9.47 Å². The number of hydrogen-bond acceptors (Lipinski definition) is 2. The molecule has 2 rings (SSSR count). The second-order valence-electron chi connectivity index (χ2n) is 4.05. The van der Waals surface area contributed by atoms with Gasteiger partial charge in [-0.05, 0) is 19.3 Å². The fraction of sp³-hybridized carbons (Fsp3) is 0.500. The summed E-state index contributed by atoms with van der Waals surface area (Å²) in [6.45, 7) is -0.0514. The van der Waals surface area contributed by atoms with Crippen LogP contribution in [0, 0.1) is 23.3 Å². The van der Waals surface area contributed by atoms with Gasteiger partial charge >= 0.3 is 0 Å². The minimum Gasteiger partial charge on any atom is -0.353 e. The van der Waals surface area contributed by atoms with Crippen LogP contribution in [0.5, 0.6) is 0 Å². The van der Waals surface area contributed by atoms with Crippen LogP contribution in [-0.2, 0) is 16.1 Å². The number of hydrogen-bond donors (Lipinski definition) is 0. The van der Waals surface area contributed by atoms with E-state index in [-0.39, 0.29) is 6.07 Å². The predicted octanol–water partition coefficient (Wildman–Crippen LogP) is 3.29. The normalized spacial score (nSPS) is 20.1. The Morgan fingerprint density at radius 1 is 1.11 bits per heavy atom. The number of benzene rings is 1. The van der Waals surface area contributed by atoms with Crippen molar-refractivity contribution in [3.63, 3.8) is 0 Å². The molecule has 1 aliphatic heterocycles. The molecule has 0 bridgehead atoms. The molecule has 1 aromatic carbocycles. The zero-order chi connectivity index (χ0) is 13.1. The summed E-state index contributed by atoms with van der Waals surface area (Å²) < 4.78 is 62.7. The quantitative estimate of drug-likeness (QED) is 0.616. The molecule has 1 aromatic rings.